The van der Waals surface area contributed by atoms with E-state index in [1.807, 2.05) is 47.7 Å². The predicted molar refractivity (Wildman–Crippen MR) is 150 cm³/mol. The molecule has 3 heterocycles. The zero-order valence-electron chi connectivity index (χ0n) is 23.0. The van der Waals surface area contributed by atoms with Gasteiger partial charge < -0.3 is 19.6 Å². The Morgan fingerprint density at radius 3 is 2.58 bits per heavy atom. The van der Waals surface area contributed by atoms with E-state index in [0.717, 1.165) is 27.8 Å². The van der Waals surface area contributed by atoms with Crippen LogP contribution in [0.5, 0.6) is 5.75 Å². The lowest BCUT2D eigenvalue weighted by Crippen LogP contribution is -2.54. The lowest BCUT2D eigenvalue weighted by molar-refractivity contribution is -0.134. The highest BCUT2D eigenvalue weighted by Crippen LogP contribution is 2.27. The summed E-state index contributed by atoms with van der Waals surface area (Å²) in [6, 6.07) is 11.2. The van der Waals surface area contributed by atoms with Crippen LogP contribution in [0.4, 0.5) is 10.3 Å². The van der Waals surface area contributed by atoms with Crippen molar-refractivity contribution in [3.8, 4) is 16.9 Å². The van der Waals surface area contributed by atoms with Gasteiger partial charge in [0.2, 0.25) is 18.2 Å². The van der Waals surface area contributed by atoms with E-state index in [2.05, 4.69) is 9.97 Å². The molecule has 5 rings (SSSR count). The highest BCUT2D eigenvalue weighted by molar-refractivity contribution is 5.84. The van der Waals surface area contributed by atoms with E-state index in [0.29, 0.717) is 43.3 Å². The van der Waals surface area contributed by atoms with E-state index in [1.54, 1.807) is 41.2 Å². The fraction of sp³-hybridized carbons (Fsp3) is 0.379. The number of halogens is 1. The molecule has 0 bridgehead atoms. The molecule has 11 heteroatoms. The van der Waals surface area contributed by atoms with Crippen molar-refractivity contribution in [2.45, 2.75) is 39.7 Å². The minimum Gasteiger partial charge on any atom is -0.460 e. The number of aromatic nitrogens is 4. The maximum atomic E-state index is 13.7. The molecule has 1 N–H and O–H groups in total. The monoisotopic (exact) mass is 548 g/mol. The molecule has 1 aliphatic heterocycles. The quantitative estimate of drug-likeness (QED) is 0.379. The first-order valence-electron chi connectivity index (χ1n) is 13.2. The Kier molecular flexibility index (Phi) is 7.57. The van der Waals surface area contributed by atoms with Gasteiger partial charge in [0.1, 0.15) is 12.4 Å². The molecule has 0 spiro atoms. The number of nitrogens with zero attached hydrogens (tertiary/aromatic N) is 6. The van der Waals surface area contributed by atoms with Crippen molar-refractivity contribution in [3.63, 3.8) is 0 Å². The number of hydrogen-bond donors (Lipinski definition) is 1. The lowest BCUT2D eigenvalue weighted by Gasteiger charge is -2.39. The molecule has 0 aliphatic carbocycles. The first-order valence-corrected chi connectivity index (χ1v) is 13.2. The molecule has 2 aromatic carbocycles. The molecule has 1 fully saturated rings. The van der Waals surface area contributed by atoms with Gasteiger partial charge in [-0.15, -0.1) is 0 Å². The largest absolute Gasteiger partial charge is 0.460 e. The van der Waals surface area contributed by atoms with Crippen molar-refractivity contribution in [1.82, 2.24) is 24.2 Å². The third-order valence-electron chi connectivity index (χ3n) is 7.33. The number of fused-ring (bicyclic) bond motifs is 1. The van der Waals surface area contributed by atoms with Crippen LogP contribution in [0.3, 0.4) is 0 Å². The average Bonchev–Trinajstić information content (AvgIpc) is 3.18. The summed E-state index contributed by atoms with van der Waals surface area (Å²) in [5.74, 6) is 0.727. The number of carbonyl (C=O) groups excluding carboxylic acids is 1. The molecule has 10 nitrogen and oxygen atoms in total. The van der Waals surface area contributed by atoms with Crippen molar-refractivity contribution < 1.29 is 19.0 Å². The number of aliphatic hydroxyl groups is 1. The Morgan fingerprint density at radius 1 is 1.15 bits per heavy atom. The fourth-order valence-electron chi connectivity index (χ4n) is 5.23. The van der Waals surface area contributed by atoms with Crippen molar-refractivity contribution in [2.75, 3.05) is 31.1 Å². The van der Waals surface area contributed by atoms with E-state index in [-0.39, 0.29) is 17.5 Å². The minimum absolute atomic E-state index is 0.001000. The molecule has 2 atom stereocenters. The Hall–Kier alpha value is -4.25. The second-order valence-electron chi connectivity index (χ2n) is 10.2. The van der Waals surface area contributed by atoms with Crippen LogP contribution in [0.25, 0.3) is 22.0 Å². The number of piperazine rings is 1. The van der Waals surface area contributed by atoms with Gasteiger partial charge in [-0.05, 0) is 37.6 Å². The Labute approximate surface area is 231 Å². The average molecular weight is 549 g/mol. The molecule has 40 heavy (non-hydrogen) atoms. The summed E-state index contributed by atoms with van der Waals surface area (Å²) in [6.07, 6.45) is 2.04. The maximum Gasteiger partial charge on any atom is 0.274 e. The van der Waals surface area contributed by atoms with Crippen LogP contribution in [0.15, 0.2) is 53.6 Å². The standard InChI is InChI=1S/C29H33FN6O4/c1-18-5-8-26(40-20(3)30)22(11-18)16-36-25-12-21(6-7-24(25)28(39)33(36)4)23-13-31-29(32-14-23)35-10-9-34(15-19(35)2)27(38)17-37/h5-8,11-14,19-20,37H,9-10,15-17H2,1-4H3/t19-,20?/m1/s1. The molecule has 1 unspecified atom stereocenters. The number of anilines is 1. The minimum atomic E-state index is -1.46. The Morgan fingerprint density at radius 2 is 1.90 bits per heavy atom. The molecule has 1 aliphatic rings. The predicted octanol–water partition coefficient (Wildman–Crippen LogP) is 2.88. The summed E-state index contributed by atoms with van der Waals surface area (Å²) < 4.78 is 22.5. The van der Waals surface area contributed by atoms with Crippen molar-refractivity contribution in [1.29, 1.82) is 0 Å². The van der Waals surface area contributed by atoms with Crippen LogP contribution in [0, 0.1) is 6.92 Å². The molecular formula is C29H33FN6O4. The van der Waals surface area contributed by atoms with E-state index < -0.39 is 13.0 Å². The van der Waals surface area contributed by atoms with Gasteiger partial charge in [0.25, 0.3) is 5.56 Å². The number of ether oxygens (including phenoxy) is 1. The summed E-state index contributed by atoms with van der Waals surface area (Å²) in [6.45, 7) is 6.67. The van der Waals surface area contributed by atoms with Gasteiger partial charge in [-0.2, -0.15) is 0 Å². The van der Waals surface area contributed by atoms with Gasteiger partial charge in [0.05, 0.1) is 17.4 Å². The van der Waals surface area contributed by atoms with Gasteiger partial charge >= 0.3 is 0 Å². The molecular weight excluding hydrogens is 515 g/mol. The van der Waals surface area contributed by atoms with E-state index in [1.165, 1.54) is 6.92 Å². The van der Waals surface area contributed by atoms with Crippen LogP contribution < -0.4 is 15.2 Å². The number of benzene rings is 2. The van der Waals surface area contributed by atoms with Crippen LogP contribution in [-0.2, 0) is 18.4 Å². The van der Waals surface area contributed by atoms with Crippen LogP contribution in [-0.4, -0.2) is 73.9 Å². The van der Waals surface area contributed by atoms with E-state index >= 15 is 0 Å². The second-order valence-corrected chi connectivity index (χ2v) is 10.2. The molecule has 1 saturated heterocycles. The van der Waals surface area contributed by atoms with E-state index in [4.69, 9.17) is 9.84 Å². The highest BCUT2D eigenvalue weighted by atomic mass is 19.1. The number of rotatable bonds is 7. The summed E-state index contributed by atoms with van der Waals surface area (Å²) >= 11 is 0. The summed E-state index contributed by atoms with van der Waals surface area (Å²) in [7, 11) is 1.71. The molecule has 0 saturated carbocycles. The van der Waals surface area contributed by atoms with Crippen LogP contribution >= 0.6 is 0 Å². The maximum absolute atomic E-state index is 13.7. The Bertz CT molecular complexity index is 1600. The molecule has 1 amide bonds. The van der Waals surface area contributed by atoms with Gasteiger partial charge in [0, 0.05) is 63.2 Å². The number of aryl methyl sites for hydroxylation is 1. The first-order chi connectivity index (χ1) is 19.2. The number of aliphatic hydroxyl groups excluding tert-OH is 1. The molecule has 0 radical (unpaired) electrons. The second kappa shape index (κ2) is 11.1. The third kappa shape index (κ3) is 5.29. The summed E-state index contributed by atoms with van der Waals surface area (Å²) in [5, 5.41) is 9.73. The van der Waals surface area contributed by atoms with Gasteiger partial charge in [-0.3, -0.25) is 19.0 Å². The van der Waals surface area contributed by atoms with Gasteiger partial charge in [-0.1, -0.05) is 23.8 Å². The third-order valence-corrected chi connectivity index (χ3v) is 7.33. The lowest BCUT2D eigenvalue weighted by atomic mass is 10.1. The van der Waals surface area contributed by atoms with Crippen molar-refractivity contribution in [2.24, 2.45) is 7.05 Å². The zero-order valence-corrected chi connectivity index (χ0v) is 23.0. The van der Waals surface area contributed by atoms with Gasteiger partial charge in [0.15, 0.2) is 0 Å². The highest BCUT2D eigenvalue weighted by Gasteiger charge is 2.28. The van der Waals surface area contributed by atoms with Crippen LogP contribution in [0.2, 0.25) is 0 Å². The number of hydrogen-bond acceptors (Lipinski definition) is 7. The topological polar surface area (TPSA) is 106 Å². The fourth-order valence-corrected chi connectivity index (χ4v) is 5.23. The zero-order chi connectivity index (χ0) is 28.6. The molecule has 2 aromatic heterocycles. The Balaban J connectivity index is 1.44. The number of amides is 1. The van der Waals surface area contributed by atoms with Gasteiger partial charge in [-0.25, -0.2) is 14.4 Å². The summed E-state index contributed by atoms with van der Waals surface area (Å²) in [5.41, 5.74) is 4.01. The van der Waals surface area contributed by atoms with Crippen molar-refractivity contribution in [3.05, 3.63) is 70.3 Å². The number of alkyl halides is 1. The SMILES string of the molecule is Cc1ccc(OC(C)F)c(Cn2c3cc(-c4cnc(N5CCN(C(=O)CO)C[C@H]5C)nc4)ccc3c(=O)n2C)c1. The normalized spacial score (nSPS) is 16.4. The van der Waals surface area contributed by atoms with Crippen molar-refractivity contribution >= 4 is 22.8 Å². The van der Waals surface area contributed by atoms with E-state index in [9.17, 15) is 14.0 Å². The molecule has 4 aromatic rings. The number of carbonyl (C=O) groups is 1. The molecule has 210 valence electrons. The first kappa shape index (κ1) is 27.3. The van der Waals surface area contributed by atoms with Crippen LogP contribution in [0.1, 0.15) is 25.0 Å². The summed E-state index contributed by atoms with van der Waals surface area (Å²) in [4.78, 5) is 37.8. The smallest absolute Gasteiger partial charge is 0.274 e.